The lowest BCUT2D eigenvalue weighted by Gasteiger charge is -2.32. The summed E-state index contributed by atoms with van der Waals surface area (Å²) in [6.45, 7) is 5.74. The smallest absolute Gasteiger partial charge is 0.244 e. The minimum atomic E-state index is -3.39. The van der Waals surface area contributed by atoms with Crippen molar-refractivity contribution in [1.82, 2.24) is 9.62 Å². The maximum absolute atomic E-state index is 12.6. The molecular formula is C12H20N2O3S2. The first kappa shape index (κ1) is 14.9. The summed E-state index contributed by atoms with van der Waals surface area (Å²) >= 11 is 1.52. The molecule has 0 saturated carbocycles. The normalized spacial score (nSPS) is 21.7. The van der Waals surface area contributed by atoms with E-state index in [0.29, 0.717) is 31.1 Å². The molecule has 5 nitrogen and oxygen atoms in total. The molecule has 0 radical (unpaired) electrons. The van der Waals surface area contributed by atoms with Crippen LogP contribution in [-0.2, 0) is 14.8 Å². The van der Waals surface area contributed by atoms with Crippen molar-refractivity contribution in [2.24, 2.45) is 0 Å². The molecule has 1 saturated heterocycles. The van der Waals surface area contributed by atoms with E-state index >= 15 is 0 Å². The number of nitrogens with one attached hydrogen (secondary N) is 1. The van der Waals surface area contributed by atoms with Crippen LogP contribution in [0.25, 0.3) is 0 Å². The van der Waals surface area contributed by atoms with Gasteiger partial charge in [-0.2, -0.15) is 4.31 Å². The zero-order valence-electron chi connectivity index (χ0n) is 11.5. The van der Waals surface area contributed by atoms with Gasteiger partial charge in [-0.1, -0.05) is 0 Å². The molecule has 2 heterocycles. The Bertz CT molecular complexity index is 537. The van der Waals surface area contributed by atoms with Crippen molar-refractivity contribution >= 4 is 21.4 Å². The van der Waals surface area contributed by atoms with Gasteiger partial charge in [-0.15, -0.1) is 11.3 Å². The van der Waals surface area contributed by atoms with E-state index in [2.05, 4.69) is 5.32 Å². The Morgan fingerprint density at radius 1 is 1.53 bits per heavy atom. The van der Waals surface area contributed by atoms with Crippen molar-refractivity contribution in [3.05, 3.63) is 15.8 Å². The van der Waals surface area contributed by atoms with Gasteiger partial charge in [0.05, 0.1) is 17.6 Å². The van der Waals surface area contributed by atoms with Crippen molar-refractivity contribution in [3.63, 3.8) is 0 Å². The number of hydrogen-bond donors (Lipinski definition) is 1. The lowest BCUT2D eigenvalue weighted by molar-refractivity contribution is 0.000821. The van der Waals surface area contributed by atoms with Crippen molar-refractivity contribution in [3.8, 4) is 0 Å². The highest BCUT2D eigenvalue weighted by atomic mass is 32.2. The Balaban J connectivity index is 2.22. The molecule has 1 aliphatic rings. The first-order valence-electron chi connectivity index (χ1n) is 6.28. The van der Waals surface area contributed by atoms with E-state index in [4.69, 9.17) is 4.74 Å². The van der Waals surface area contributed by atoms with Gasteiger partial charge in [0.1, 0.15) is 0 Å². The molecule has 0 spiro atoms. The second kappa shape index (κ2) is 5.88. The molecule has 108 valence electrons. The molecule has 2 rings (SSSR count). The average Bonchev–Trinajstić information content (AvgIpc) is 2.70. The maximum Gasteiger partial charge on any atom is 0.244 e. The SMILES string of the molecule is CNCC1CN(S(=O)(=O)c2cc(C)sc2C)CCO1. The minimum Gasteiger partial charge on any atom is -0.374 e. The predicted molar refractivity (Wildman–Crippen MR) is 76.2 cm³/mol. The van der Waals surface area contributed by atoms with Gasteiger partial charge in [0.2, 0.25) is 10.0 Å². The second-order valence-electron chi connectivity index (χ2n) is 4.69. The molecule has 1 atom stereocenters. The quantitative estimate of drug-likeness (QED) is 0.901. The molecule has 1 aromatic rings. The van der Waals surface area contributed by atoms with E-state index in [1.165, 1.54) is 15.6 Å². The zero-order valence-corrected chi connectivity index (χ0v) is 13.1. The summed E-state index contributed by atoms with van der Waals surface area (Å²) < 4.78 is 32.3. The highest BCUT2D eigenvalue weighted by Gasteiger charge is 2.32. The fourth-order valence-electron chi connectivity index (χ4n) is 2.26. The van der Waals surface area contributed by atoms with Crippen LogP contribution in [0.2, 0.25) is 0 Å². The Kier molecular flexibility index (Phi) is 4.62. The molecule has 1 unspecified atom stereocenters. The van der Waals surface area contributed by atoms with Crippen LogP contribution < -0.4 is 5.32 Å². The van der Waals surface area contributed by atoms with E-state index in [1.54, 1.807) is 6.07 Å². The van der Waals surface area contributed by atoms with Crippen LogP contribution in [0.3, 0.4) is 0 Å². The van der Waals surface area contributed by atoms with Crippen LogP contribution >= 0.6 is 11.3 Å². The van der Waals surface area contributed by atoms with E-state index in [0.717, 1.165) is 9.75 Å². The van der Waals surface area contributed by atoms with Crippen molar-refractivity contribution in [2.75, 3.05) is 33.3 Å². The summed E-state index contributed by atoms with van der Waals surface area (Å²) in [5.41, 5.74) is 0. The predicted octanol–water partition coefficient (Wildman–Crippen LogP) is 0.974. The summed E-state index contributed by atoms with van der Waals surface area (Å²) in [6, 6.07) is 1.76. The van der Waals surface area contributed by atoms with E-state index < -0.39 is 10.0 Å². The fraction of sp³-hybridized carbons (Fsp3) is 0.667. The van der Waals surface area contributed by atoms with Gasteiger partial charge in [0.25, 0.3) is 0 Å². The molecule has 1 aromatic heterocycles. The minimum absolute atomic E-state index is 0.0754. The summed E-state index contributed by atoms with van der Waals surface area (Å²) in [5, 5.41) is 3.02. The lowest BCUT2D eigenvalue weighted by atomic mass is 10.3. The number of aryl methyl sites for hydroxylation is 2. The number of likely N-dealkylation sites (N-methyl/N-ethyl adjacent to an activating group) is 1. The fourth-order valence-corrected chi connectivity index (χ4v) is 5.24. The monoisotopic (exact) mass is 304 g/mol. The average molecular weight is 304 g/mol. The van der Waals surface area contributed by atoms with Gasteiger partial charge in [-0.05, 0) is 27.0 Å². The number of ether oxygens (including phenoxy) is 1. The van der Waals surface area contributed by atoms with Crippen LogP contribution in [0.15, 0.2) is 11.0 Å². The summed E-state index contributed by atoms with van der Waals surface area (Å²) in [6.07, 6.45) is -0.0754. The Morgan fingerprint density at radius 3 is 2.84 bits per heavy atom. The Hall–Kier alpha value is -0.470. The topological polar surface area (TPSA) is 58.6 Å². The summed E-state index contributed by atoms with van der Waals surface area (Å²) in [5.74, 6) is 0. The standard InChI is InChI=1S/C12H20N2O3S2/c1-9-6-12(10(2)18-9)19(15,16)14-4-5-17-11(8-14)7-13-3/h6,11,13H,4-5,7-8H2,1-3H3. The molecule has 19 heavy (non-hydrogen) atoms. The van der Waals surface area contributed by atoms with Gasteiger partial charge < -0.3 is 10.1 Å². The number of nitrogens with zero attached hydrogens (tertiary/aromatic N) is 1. The first-order chi connectivity index (χ1) is 8.95. The van der Waals surface area contributed by atoms with Gasteiger partial charge in [0.15, 0.2) is 0 Å². The summed E-state index contributed by atoms with van der Waals surface area (Å²) in [7, 11) is -1.55. The molecule has 0 aliphatic carbocycles. The van der Waals surface area contributed by atoms with Gasteiger partial charge in [-0.3, -0.25) is 0 Å². The second-order valence-corrected chi connectivity index (χ2v) is 8.06. The first-order valence-corrected chi connectivity index (χ1v) is 8.54. The van der Waals surface area contributed by atoms with Crippen molar-refractivity contribution in [2.45, 2.75) is 24.8 Å². The maximum atomic E-state index is 12.6. The van der Waals surface area contributed by atoms with Gasteiger partial charge >= 0.3 is 0 Å². The van der Waals surface area contributed by atoms with Crippen LogP contribution in [0.4, 0.5) is 0 Å². The van der Waals surface area contributed by atoms with Crippen LogP contribution in [0.5, 0.6) is 0 Å². The zero-order chi connectivity index (χ0) is 14.0. The molecule has 0 bridgehead atoms. The van der Waals surface area contributed by atoms with Crippen molar-refractivity contribution in [1.29, 1.82) is 0 Å². The van der Waals surface area contributed by atoms with E-state index in [9.17, 15) is 8.42 Å². The third kappa shape index (κ3) is 3.17. The summed E-state index contributed by atoms with van der Waals surface area (Å²) in [4.78, 5) is 2.32. The van der Waals surface area contributed by atoms with Crippen LogP contribution in [-0.4, -0.2) is 52.1 Å². The largest absolute Gasteiger partial charge is 0.374 e. The molecule has 0 amide bonds. The van der Waals surface area contributed by atoms with E-state index in [1.807, 2.05) is 20.9 Å². The molecule has 0 aromatic carbocycles. The number of sulfonamides is 1. The number of thiophene rings is 1. The van der Waals surface area contributed by atoms with Crippen LogP contribution in [0.1, 0.15) is 9.75 Å². The lowest BCUT2D eigenvalue weighted by Crippen LogP contribution is -2.48. The number of morpholine rings is 1. The van der Waals surface area contributed by atoms with Gasteiger partial charge in [0, 0.05) is 29.4 Å². The molecular weight excluding hydrogens is 284 g/mol. The third-order valence-electron chi connectivity index (χ3n) is 3.15. The molecule has 1 aliphatic heterocycles. The van der Waals surface area contributed by atoms with Gasteiger partial charge in [-0.25, -0.2) is 8.42 Å². The van der Waals surface area contributed by atoms with Crippen molar-refractivity contribution < 1.29 is 13.2 Å². The number of rotatable bonds is 4. The molecule has 1 fully saturated rings. The Morgan fingerprint density at radius 2 is 2.26 bits per heavy atom. The Labute approximate surface area is 118 Å². The molecule has 7 heteroatoms. The highest BCUT2D eigenvalue weighted by Crippen LogP contribution is 2.28. The highest BCUT2D eigenvalue weighted by molar-refractivity contribution is 7.89. The number of hydrogen-bond acceptors (Lipinski definition) is 5. The third-order valence-corrected chi connectivity index (χ3v) is 6.23. The van der Waals surface area contributed by atoms with Crippen LogP contribution in [0, 0.1) is 13.8 Å². The molecule has 1 N–H and O–H groups in total. The van der Waals surface area contributed by atoms with E-state index in [-0.39, 0.29) is 6.10 Å².